The lowest BCUT2D eigenvalue weighted by Crippen LogP contribution is -2.62. The molecule has 34 heavy (non-hydrogen) atoms. The summed E-state index contributed by atoms with van der Waals surface area (Å²) in [5.74, 6) is 2.11. The molecule has 8 nitrogen and oxygen atoms in total. The molecule has 0 aromatic heterocycles. The first-order chi connectivity index (χ1) is 16.5. The van der Waals surface area contributed by atoms with Crippen molar-refractivity contribution in [2.45, 2.75) is 19.3 Å². The Balaban J connectivity index is 1.62. The molecular weight excluding hydrogens is 428 g/mol. The first kappa shape index (κ1) is 24.9. The van der Waals surface area contributed by atoms with Crippen molar-refractivity contribution in [1.82, 2.24) is 20.2 Å². The fourth-order valence-electron chi connectivity index (χ4n) is 3.86. The van der Waals surface area contributed by atoms with Crippen molar-refractivity contribution >= 4 is 30.3 Å². The number of benzene rings is 2. The highest BCUT2D eigenvalue weighted by molar-refractivity contribution is 5.87. The summed E-state index contributed by atoms with van der Waals surface area (Å²) in [4.78, 5) is 32.9. The van der Waals surface area contributed by atoms with Gasteiger partial charge in [0.15, 0.2) is 0 Å². The van der Waals surface area contributed by atoms with E-state index in [2.05, 4.69) is 29.6 Å². The Labute approximate surface area is 200 Å². The molecule has 0 bridgehead atoms. The van der Waals surface area contributed by atoms with E-state index in [-0.39, 0.29) is 38.0 Å². The first-order valence-corrected chi connectivity index (χ1v) is 11.0. The predicted octanol–water partition coefficient (Wildman–Crippen LogP) is 1.76. The third-order valence-corrected chi connectivity index (χ3v) is 5.65. The molecule has 2 aromatic rings. The molecule has 1 saturated heterocycles. The minimum Gasteiger partial charge on any atom is -0.333 e. The largest absolute Gasteiger partial charge is 0.333 e. The number of carbonyl (C=O) groups excluding carboxylic acids is 2. The summed E-state index contributed by atoms with van der Waals surface area (Å²) in [6, 6.07) is 15.4. The number of carbonyl (C=O) groups is 2. The second kappa shape index (κ2) is 11.9. The number of nitrogens with zero attached hydrogens (tertiary/aromatic N) is 4. The maximum atomic E-state index is 13.0. The lowest BCUT2D eigenvalue weighted by Gasteiger charge is -2.40. The van der Waals surface area contributed by atoms with Crippen LogP contribution in [0, 0.1) is 12.3 Å². The van der Waals surface area contributed by atoms with E-state index in [0.29, 0.717) is 18.8 Å². The smallest absolute Gasteiger partial charge is 0.242 e. The standard InChI is InChI=1S/C26H30N6O2/c1-4-14-31(29-15-20-10-7-6-8-11-20)18-26(34)32-19-25(33)30(17-24(32)27)16-21-12-9-13-23(28-3)22(21)5-2/h1,5-13,24,29H,2-3,14-19,27H2. The summed E-state index contributed by atoms with van der Waals surface area (Å²) in [7, 11) is 0. The lowest BCUT2D eigenvalue weighted by molar-refractivity contribution is -0.150. The number of aliphatic imine (C=N–C) groups is 1. The zero-order chi connectivity index (χ0) is 24.5. The Morgan fingerprint density at radius 3 is 2.74 bits per heavy atom. The number of amides is 2. The maximum absolute atomic E-state index is 13.0. The van der Waals surface area contributed by atoms with Gasteiger partial charge in [-0.3, -0.25) is 14.6 Å². The average Bonchev–Trinajstić information content (AvgIpc) is 2.85. The highest BCUT2D eigenvalue weighted by atomic mass is 16.2. The van der Waals surface area contributed by atoms with Gasteiger partial charge in [-0.2, -0.15) is 0 Å². The topological polar surface area (TPSA) is 94.3 Å². The summed E-state index contributed by atoms with van der Waals surface area (Å²) in [6.45, 7) is 8.68. The Morgan fingerprint density at radius 2 is 2.06 bits per heavy atom. The van der Waals surface area contributed by atoms with E-state index in [9.17, 15) is 9.59 Å². The number of nitrogens with one attached hydrogen (secondary N) is 1. The average molecular weight is 459 g/mol. The molecule has 3 rings (SSSR count). The fraction of sp³-hybridized carbons (Fsp3) is 0.269. The summed E-state index contributed by atoms with van der Waals surface area (Å²) in [6.07, 6.45) is 6.55. The molecule has 1 aliphatic rings. The Kier molecular flexibility index (Phi) is 8.71. The van der Waals surface area contributed by atoms with Gasteiger partial charge < -0.3 is 15.5 Å². The highest BCUT2D eigenvalue weighted by Gasteiger charge is 2.33. The van der Waals surface area contributed by atoms with Crippen LogP contribution in [0.5, 0.6) is 0 Å². The molecule has 1 atom stereocenters. The molecule has 0 saturated carbocycles. The van der Waals surface area contributed by atoms with Gasteiger partial charge in [0.05, 0.1) is 31.5 Å². The van der Waals surface area contributed by atoms with E-state index in [0.717, 1.165) is 16.7 Å². The normalized spacial score (nSPS) is 15.8. The number of hydrazine groups is 1. The summed E-state index contributed by atoms with van der Waals surface area (Å²) < 4.78 is 0. The lowest BCUT2D eigenvalue weighted by atomic mass is 10.0. The van der Waals surface area contributed by atoms with Crippen LogP contribution >= 0.6 is 0 Å². The van der Waals surface area contributed by atoms with Gasteiger partial charge in [0.25, 0.3) is 0 Å². The van der Waals surface area contributed by atoms with E-state index in [4.69, 9.17) is 12.2 Å². The quantitative estimate of drug-likeness (QED) is 0.321. The minimum atomic E-state index is -0.625. The summed E-state index contributed by atoms with van der Waals surface area (Å²) in [5.41, 5.74) is 13.0. The maximum Gasteiger partial charge on any atom is 0.242 e. The number of rotatable bonds is 10. The first-order valence-electron chi connectivity index (χ1n) is 11.0. The number of hydrogen-bond donors (Lipinski definition) is 2. The van der Waals surface area contributed by atoms with Gasteiger partial charge in [-0.05, 0) is 23.9 Å². The van der Waals surface area contributed by atoms with E-state index >= 15 is 0 Å². The van der Waals surface area contributed by atoms with Gasteiger partial charge in [-0.1, -0.05) is 61.0 Å². The van der Waals surface area contributed by atoms with Crippen LogP contribution in [-0.2, 0) is 22.7 Å². The van der Waals surface area contributed by atoms with Crippen molar-refractivity contribution in [3.05, 3.63) is 71.8 Å². The van der Waals surface area contributed by atoms with Crippen molar-refractivity contribution in [2.24, 2.45) is 10.7 Å². The number of piperazine rings is 1. The second-order valence-electron chi connectivity index (χ2n) is 7.96. The predicted molar refractivity (Wildman–Crippen MR) is 135 cm³/mol. The van der Waals surface area contributed by atoms with Gasteiger partial charge in [-0.25, -0.2) is 10.4 Å². The molecule has 1 fully saturated rings. The van der Waals surface area contributed by atoms with Gasteiger partial charge in [0.2, 0.25) is 11.8 Å². The SMILES string of the molecule is C#CCN(CC(=O)N1CC(=O)N(Cc2cccc(N=C)c2C=C)CC1N)NCc1ccccc1. The summed E-state index contributed by atoms with van der Waals surface area (Å²) in [5, 5.41) is 1.66. The van der Waals surface area contributed by atoms with Crippen LogP contribution in [0.2, 0.25) is 0 Å². The van der Waals surface area contributed by atoms with Crippen LogP contribution in [0.25, 0.3) is 6.08 Å². The molecule has 2 aromatic carbocycles. The van der Waals surface area contributed by atoms with Crippen LogP contribution in [0.15, 0.2) is 60.1 Å². The Hall–Kier alpha value is -3.77. The van der Waals surface area contributed by atoms with E-state index in [1.54, 1.807) is 16.0 Å². The molecule has 2 amide bonds. The molecule has 8 heteroatoms. The zero-order valence-corrected chi connectivity index (χ0v) is 19.2. The van der Waals surface area contributed by atoms with Crippen molar-refractivity contribution in [3.8, 4) is 12.3 Å². The molecule has 3 N–H and O–H groups in total. The summed E-state index contributed by atoms with van der Waals surface area (Å²) >= 11 is 0. The van der Waals surface area contributed by atoms with Gasteiger partial charge in [0, 0.05) is 18.7 Å². The molecule has 0 aliphatic carbocycles. The molecular formula is C26H30N6O2. The van der Waals surface area contributed by atoms with E-state index in [1.165, 1.54) is 4.90 Å². The second-order valence-corrected chi connectivity index (χ2v) is 7.96. The van der Waals surface area contributed by atoms with Crippen molar-refractivity contribution in [2.75, 3.05) is 26.2 Å². The molecule has 0 spiro atoms. The molecule has 1 unspecified atom stereocenters. The minimum absolute atomic E-state index is 0.00563. The van der Waals surface area contributed by atoms with Crippen LogP contribution in [0.1, 0.15) is 16.7 Å². The number of nitrogens with two attached hydrogens (primary N) is 1. The number of terminal acetylenes is 1. The highest BCUT2D eigenvalue weighted by Crippen LogP contribution is 2.25. The molecule has 1 aliphatic heterocycles. The molecule has 1 heterocycles. The third-order valence-electron chi connectivity index (χ3n) is 5.65. The van der Waals surface area contributed by atoms with Crippen LogP contribution in [0.3, 0.4) is 0 Å². The Bertz CT molecular complexity index is 1080. The van der Waals surface area contributed by atoms with Crippen molar-refractivity contribution in [1.29, 1.82) is 0 Å². The number of hydrogen-bond acceptors (Lipinski definition) is 6. The van der Waals surface area contributed by atoms with Gasteiger partial charge in [-0.15, -0.1) is 6.42 Å². The van der Waals surface area contributed by atoms with Crippen molar-refractivity contribution < 1.29 is 9.59 Å². The van der Waals surface area contributed by atoms with Gasteiger partial charge in [0.1, 0.15) is 6.54 Å². The van der Waals surface area contributed by atoms with Crippen LogP contribution in [0.4, 0.5) is 5.69 Å². The molecule has 0 radical (unpaired) electrons. The van der Waals surface area contributed by atoms with Crippen molar-refractivity contribution in [3.63, 3.8) is 0 Å². The van der Waals surface area contributed by atoms with Crippen LogP contribution in [-0.4, -0.2) is 65.7 Å². The van der Waals surface area contributed by atoms with Crippen LogP contribution < -0.4 is 11.2 Å². The third kappa shape index (κ3) is 6.17. The van der Waals surface area contributed by atoms with E-state index < -0.39 is 6.17 Å². The van der Waals surface area contributed by atoms with E-state index in [1.807, 2.05) is 48.5 Å². The fourth-order valence-corrected chi connectivity index (χ4v) is 3.86. The zero-order valence-electron chi connectivity index (χ0n) is 19.2. The molecule has 176 valence electrons. The monoisotopic (exact) mass is 458 g/mol. The Morgan fingerprint density at radius 1 is 1.29 bits per heavy atom. The van der Waals surface area contributed by atoms with Gasteiger partial charge >= 0.3 is 0 Å².